The highest BCUT2D eigenvalue weighted by molar-refractivity contribution is 6.08. The Kier molecular flexibility index (Phi) is 16.4. The molecule has 76 heavy (non-hydrogen) atoms. The number of esters is 1. The molecule has 0 aromatic heterocycles. The van der Waals surface area contributed by atoms with Gasteiger partial charge in [-0.25, -0.2) is 14.4 Å². The van der Waals surface area contributed by atoms with E-state index in [4.69, 9.17) is 4.74 Å². The van der Waals surface area contributed by atoms with Gasteiger partial charge >= 0.3 is 55.0 Å². The summed E-state index contributed by atoms with van der Waals surface area (Å²) in [5, 5.41) is 40.7. The standard InChI is InChI=1S/C48H40F18O10/c1-7-38(4,5)34(67)28-20-24(12-14-26(28)35(68)69)40(43(49,50)51,44(52,53)54)25-13-15-27(36(70)71)29(21-25)37(72)75-32-16-10-22(18-30(32)41(73,45(55,56)57)46(58,59)60)23-11-17-33(76-39(6,8-2)9-3)31(19-23)42(74,47(61,62)63)48(64,65)66/h10-21,73-74H,7-9H2,1-6H3,(H,68,69)(H,70,71). The number of aromatic carboxylic acids is 2. The molecule has 0 aliphatic heterocycles. The largest absolute Gasteiger partial charge is 0.487 e. The van der Waals surface area contributed by atoms with E-state index >= 15 is 26.3 Å². The second-order valence-corrected chi connectivity index (χ2v) is 17.9. The van der Waals surface area contributed by atoms with Gasteiger partial charge in [-0.15, -0.1) is 0 Å². The quantitative estimate of drug-likeness (QED) is 0.0367. The summed E-state index contributed by atoms with van der Waals surface area (Å²) in [6.45, 7) is 7.57. The second-order valence-electron chi connectivity index (χ2n) is 17.9. The van der Waals surface area contributed by atoms with Crippen LogP contribution in [0.15, 0.2) is 72.8 Å². The number of ether oxygens (including phenoxy) is 2. The summed E-state index contributed by atoms with van der Waals surface area (Å²) in [5.41, 5.74) is -38.9. The number of alkyl halides is 18. The molecule has 10 nitrogen and oxygen atoms in total. The number of carboxylic acids is 2. The Morgan fingerprint density at radius 3 is 1.14 bits per heavy atom. The van der Waals surface area contributed by atoms with Gasteiger partial charge in [-0.1, -0.05) is 58.9 Å². The average Bonchev–Trinajstić information content (AvgIpc) is 3.28. The molecule has 0 saturated heterocycles. The first-order chi connectivity index (χ1) is 34.2. The molecule has 4 rings (SSSR count). The van der Waals surface area contributed by atoms with E-state index in [1.807, 2.05) is 0 Å². The number of ketones is 1. The van der Waals surface area contributed by atoms with E-state index in [1.54, 1.807) is 0 Å². The van der Waals surface area contributed by atoms with Crippen LogP contribution in [0.1, 0.15) is 124 Å². The minimum absolute atomic E-state index is 0.0458. The molecule has 4 N–H and O–H groups in total. The van der Waals surface area contributed by atoms with Crippen LogP contribution in [0.25, 0.3) is 11.1 Å². The summed E-state index contributed by atoms with van der Waals surface area (Å²) in [7, 11) is 0. The second kappa shape index (κ2) is 20.1. The van der Waals surface area contributed by atoms with E-state index in [9.17, 15) is 92.3 Å². The predicted molar refractivity (Wildman–Crippen MR) is 227 cm³/mol. The van der Waals surface area contributed by atoms with E-state index in [1.165, 1.54) is 27.7 Å². The van der Waals surface area contributed by atoms with Crippen molar-refractivity contribution in [2.45, 2.75) is 120 Å². The fraction of sp³-hybridized carbons (Fsp3) is 0.417. The maximum atomic E-state index is 15.5. The highest BCUT2D eigenvalue weighted by atomic mass is 19.4. The van der Waals surface area contributed by atoms with Gasteiger partial charge in [0.1, 0.15) is 17.1 Å². The molecule has 0 unspecified atom stereocenters. The van der Waals surface area contributed by atoms with Gasteiger partial charge in [0.25, 0.3) is 11.2 Å². The lowest BCUT2D eigenvalue weighted by Crippen LogP contribution is -2.55. The summed E-state index contributed by atoms with van der Waals surface area (Å²) in [5.74, 6) is -12.1. The van der Waals surface area contributed by atoms with Crippen molar-refractivity contribution in [1.29, 1.82) is 0 Å². The summed E-state index contributed by atoms with van der Waals surface area (Å²) in [6.07, 6.45) is -41.4. The Bertz CT molecular complexity index is 2840. The van der Waals surface area contributed by atoms with Crippen LogP contribution in [-0.2, 0) is 16.6 Å². The number of aliphatic hydroxyl groups is 2. The molecule has 0 radical (unpaired) electrons. The number of halogens is 18. The van der Waals surface area contributed by atoms with Gasteiger partial charge < -0.3 is 29.9 Å². The van der Waals surface area contributed by atoms with E-state index in [2.05, 4.69) is 4.74 Å². The zero-order valence-electron chi connectivity index (χ0n) is 39.6. The van der Waals surface area contributed by atoms with Crippen molar-refractivity contribution in [3.63, 3.8) is 0 Å². The minimum Gasteiger partial charge on any atom is -0.487 e. The smallest absolute Gasteiger partial charge is 0.430 e. The van der Waals surface area contributed by atoms with E-state index in [-0.39, 0.29) is 67.8 Å². The molecule has 0 bridgehead atoms. The number of hydrogen-bond acceptors (Lipinski definition) is 8. The van der Waals surface area contributed by atoms with Gasteiger partial charge in [-0.05, 0) is 97.0 Å². The zero-order chi connectivity index (χ0) is 58.8. The van der Waals surface area contributed by atoms with Crippen LogP contribution in [0.4, 0.5) is 79.0 Å². The third-order valence-corrected chi connectivity index (χ3v) is 12.9. The average molecular weight is 1120 g/mol. The minimum atomic E-state index is -7.04. The molecule has 0 heterocycles. The molecule has 0 atom stereocenters. The fourth-order valence-corrected chi connectivity index (χ4v) is 7.70. The van der Waals surface area contributed by atoms with Crippen LogP contribution in [0.3, 0.4) is 0 Å². The van der Waals surface area contributed by atoms with Crippen molar-refractivity contribution >= 4 is 23.7 Å². The SMILES string of the molecule is CCC(C)(CC)Oc1ccc(-c2ccc(OC(=O)c3cc(C(c4ccc(C(=O)O)c(C(=O)C(C)(C)CC)c4)(C(F)(F)F)C(F)(F)F)ccc3C(=O)O)c(C(O)(C(F)(F)F)C(F)(F)F)c2)cc1C(O)(C(F)(F)F)C(F)(F)F. The van der Waals surface area contributed by atoms with Crippen LogP contribution in [-0.4, -0.2) is 86.8 Å². The van der Waals surface area contributed by atoms with Gasteiger partial charge in [-0.3, -0.25) is 4.79 Å². The van der Waals surface area contributed by atoms with Crippen molar-refractivity contribution in [2.24, 2.45) is 5.41 Å². The summed E-state index contributed by atoms with van der Waals surface area (Å²) in [6, 6.07) is -0.685. The van der Waals surface area contributed by atoms with Crippen molar-refractivity contribution in [2.75, 3.05) is 0 Å². The molecule has 0 amide bonds. The lowest BCUT2D eigenvalue weighted by Gasteiger charge is -2.39. The Hall–Kier alpha value is -6.58. The summed E-state index contributed by atoms with van der Waals surface area (Å²) in [4.78, 5) is 51.8. The van der Waals surface area contributed by atoms with Gasteiger partial charge in [-0.2, -0.15) is 79.0 Å². The van der Waals surface area contributed by atoms with Crippen LogP contribution in [0, 0.1) is 5.41 Å². The highest BCUT2D eigenvalue weighted by Crippen LogP contribution is 2.58. The Morgan fingerprint density at radius 1 is 0.447 bits per heavy atom. The molecule has 4 aromatic rings. The number of benzene rings is 4. The first kappa shape index (κ1) is 62.0. The lowest BCUT2D eigenvalue weighted by atomic mass is 9.70. The van der Waals surface area contributed by atoms with Gasteiger partial charge in [0, 0.05) is 22.1 Å². The van der Waals surface area contributed by atoms with Gasteiger partial charge in [0.15, 0.2) is 5.78 Å². The van der Waals surface area contributed by atoms with Crippen LogP contribution in [0.5, 0.6) is 11.5 Å². The maximum absolute atomic E-state index is 15.5. The molecule has 0 aliphatic rings. The van der Waals surface area contributed by atoms with Crippen molar-refractivity contribution < 1.29 is 128 Å². The Labute approximate surface area is 416 Å². The predicted octanol–water partition coefficient (Wildman–Crippen LogP) is 13.6. The van der Waals surface area contributed by atoms with E-state index in [0.29, 0.717) is 12.1 Å². The fourth-order valence-electron chi connectivity index (χ4n) is 7.70. The lowest BCUT2D eigenvalue weighted by molar-refractivity contribution is -0.377. The molecule has 0 spiro atoms. The van der Waals surface area contributed by atoms with Crippen molar-refractivity contribution in [1.82, 2.24) is 0 Å². The van der Waals surface area contributed by atoms with Crippen LogP contribution >= 0.6 is 0 Å². The molecule has 0 saturated carbocycles. The van der Waals surface area contributed by atoms with Crippen LogP contribution in [0.2, 0.25) is 0 Å². The normalized spacial score (nSPS) is 13.9. The molecule has 4 aromatic carbocycles. The van der Waals surface area contributed by atoms with Crippen molar-refractivity contribution in [3.05, 3.63) is 117 Å². The zero-order valence-corrected chi connectivity index (χ0v) is 39.6. The number of rotatable bonds is 16. The highest BCUT2D eigenvalue weighted by Gasteiger charge is 2.75. The Morgan fingerprint density at radius 2 is 0.803 bits per heavy atom. The third kappa shape index (κ3) is 10.6. The number of carbonyl (C=O) groups excluding carboxylic acids is 2. The molecular formula is C48H40F18O10. The number of carboxylic acid groups (broad SMARTS) is 2. The number of carbonyl (C=O) groups is 4. The molecule has 28 heteroatoms. The number of Topliss-reactive ketones (excluding diaryl/α,β-unsaturated/α-hetero) is 1. The maximum Gasteiger partial charge on any atom is 0.430 e. The first-order valence-electron chi connectivity index (χ1n) is 21.6. The Balaban J connectivity index is 2.15. The summed E-state index contributed by atoms with van der Waals surface area (Å²) >= 11 is 0. The van der Waals surface area contributed by atoms with E-state index < -0.39 is 168 Å². The molecular weight excluding hydrogens is 1080 g/mol. The molecule has 0 aliphatic carbocycles. The summed E-state index contributed by atoms with van der Waals surface area (Å²) < 4.78 is 277. The van der Waals surface area contributed by atoms with Crippen LogP contribution < -0.4 is 9.47 Å². The molecule has 418 valence electrons. The van der Waals surface area contributed by atoms with Crippen molar-refractivity contribution in [3.8, 4) is 22.6 Å². The van der Waals surface area contributed by atoms with Gasteiger partial charge in [0.05, 0.1) is 16.7 Å². The van der Waals surface area contributed by atoms with Gasteiger partial charge in [0.2, 0.25) is 5.41 Å². The third-order valence-electron chi connectivity index (χ3n) is 12.9. The topological polar surface area (TPSA) is 168 Å². The monoisotopic (exact) mass is 1120 g/mol. The van der Waals surface area contributed by atoms with E-state index in [0.717, 1.165) is 13.8 Å². The first-order valence-corrected chi connectivity index (χ1v) is 21.6. The number of hydrogen-bond donors (Lipinski definition) is 4. The molecule has 0 fully saturated rings.